The largest absolute Gasteiger partial charge is 1.00 e. The summed E-state index contributed by atoms with van der Waals surface area (Å²) in [5.41, 5.74) is -1.09. The number of aliphatic hydroxyl groups is 9. The van der Waals surface area contributed by atoms with Crippen molar-refractivity contribution in [3.05, 3.63) is 11.6 Å². The molecule has 390 valence electrons. The summed E-state index contributed by atoms with van der Waals surface area (Å²) in [7, 11) is -5.48. The van der Waals surface area contributed by atoms with Crippen LogP contribution in [-0.2, 0) is 47.8 Å². The number of carbonyl (C=O) groups excluding carboxylic acids is 1. The zero-order chi connectivity index (χ0) is 49.9. The van der Waals surface area contributed by atoms with Gasteiger partial charge in [0, 0.05) is 0 Å². The van der Waals surface area contributed by atoms with E-state index < -0.39 is 139 Å². The second-order valence-corrected chi connectivity index (χ2v) is 24.5. The molecule has 22 atom stereocenters. The molecule has 69 heavy (non-hydrogen) atoms. The first-order valence-corrected chi connectivity index (χ1v) is 25.7. The van der Waals surface area contributed by atoms with Gasteiger partial charge in [-0.2, -0.15) is 0 Å². The first-order valence-electron chi connectivity index (χ1n) is 24.4. The van der Waals surface area contributed by atoms with Gasteiger partial charge in [0.15, 0.2) is 18.7 Å². The molecule has 3 heterocycles. The van der Waals surface area contributed by atoms with Crippen LogP contribution in [0.2, 0.25) is 0 Å². The van der Waals surface area contributed by atoms with Crippen LogP contribution >= 0.6 is 0 Å². The van der Waals surface area contributed by atoms with E-state index >= 15 is 0 Å². The molecule has 9 N–H and O–H groups in total. The molecule has 8 rings (SSSR count). The van der Waals surface area contributed by atoms with Crippen molar-refractivity contribution in [2.75, 3.05) is 19.8 Å². The maximum absolute atomic E-state index is 14.7. The van der Waals surface area contributed by atoms with Crippen LogP contribution in [-0.4, -0.2) is 177 Å². The molecule has 0 aromatic heterocycles. The van der Waals surface area contributed by atoms with E-state index in [1.165, 1.54) is 5.57 Å². The Kier molecular flexibility index (Phi) is 16.2. The van der Waals surface area contributed by atoms with Crippen LogP contribution in [0.1, 0.15) is 113 Å². The van der Waals surface area contributed by atoms with Crippen molar-refractivity contribution in [1.29, 1.82) is 0 Å². The zero-order valence-corrected chi connectivity index (χ0v) is 43.9. The summed E-state index contributed by atoms with van der Waals surface area (Å²) >= 11 is 0. The third kappa shape index (κ3) is 9.52. The van der Waals surface area contributed by atoms with Crippen molar-refractivity contribution in [3.63, 3.8) is 0 Å². The van der Waals surface area contributed by atoms with Crippen LogP contribution in [0, 0.1) is 50.2 Å². The SMILES string of the molecule is CC1(C)CC[C@]2(C(=O)O[C@@H]3O[C@H](CO)[C@@H](O)[C@H](O)[C@H]3O)CC[C@]3(C)C(=CC[C@@H]4[C@@]5(C)CC[C@H](O[C@@H]6OC[C@H](O)[C@H](O[C@@H]7O[C@H](CO)[C@@H](O)[C@H](O)[C@H]7O)[C@H]6OS(=O)(=O)[O-])C(C)(C)[C@@H]5CC[C@]43C)[C@@H]2C1.[Na+]. The van der Waals surface area contributed by atoms with Gasteiger partial charge in [-0.25, -0.2) is 8.42 Å². The minimum Gasteiger partial charge on any atom is -0.726 e. The van der Waals surface area contributed by atoms with Gasteiger partial charge < -0.3 is 78.9 Å². The summed E-state index contributed by atoms with van der Waals surface area (Å²) < 4.78 is 77.0. The number of fused-ring (bicyclic) bond motifs is 7. The van der Waals surface area contributed by atoms with Crippen LogP contribution in [0.25, 0.3) is 0 Å². The van der Waals surface area contributed by atoms with Crippen molar-refractivity contribution in [1.82, 2.24) is 0 Å². The molecule has 3 saturated heterocycles. The Morgan fingerprint density at radius 2 is 1.32 bits per heavy atom. The first kappa shape index (κ1) is 56.3. The van der Waals surface area contributed by atoms with Crippen molar-refractivity contribution in [2.45, 2.75) is 205 Å². The molecule has 5 aliphatic carbocycles. The fourth-order valence-electron chi connectivity index (χ4n) is 15.0. The van der Waals surface area contributed by atoms with E-state index in [1.807, 2.05) is 0 Å². The molecule has 7 fully saturated rings. The molecule has 0 aromatic carbocycles. The van der Waals surface area contributed by atoms with Gasteiger partial charge >= 0.3 is 35.5 Å². The minimum absolute atomic E-state index is 0. The van der Waals surface area contributed by atoms with E-state index in [2.05, 4.69) is 54.5 Å². The van der Waals surface area contributed by atoms with Crippen LogP contribution in [0.15, 0.2) is 11.6 Å². The van der Waals surface area contributed by atoms with Gasteiger partial charge in [-0.3, -0.25) is 8.98 Å². The van der Waals surface area contributed by atoms with Gasteiger partial charge in [0.05, 0.1) is 31.3 Å². The molecule has 4 saturated carbocycles. The summed E-state index contributed by atoms with van der Waals surface area (Å²) in [4.78, 5) is 14.7. The standard InChI is InChI=1S/C47H76O20S.Na/c1-42(2)14-16-47(41(57)66-39-35(56)33(54)31(52)26(20-49)63-39)17-15-45(6)22(23(47)18-42)8-9-28-44(5)12-11-29(43(3,4)27(44)10-13-46(28,45)7)64-40-37(67-68(58,59)60)36(24(50)21-61-40)65-38-34(55)32(53)30(51)25(19-48)62-38;/h8,23-40,48-56H,9-21H2,1-7H3,(H,58,59,60);/q;+1/p-1/t23-,24-,25+,26+,27-,28+,29-,30+,31+,32-,33-,34+,35+,36-,37+,38-,39-,40-,44-,45+,46+,47-;/m0./s1. The average Bonchev–Trinajstić information content (AvgIpc) is 3.26. The maximum Gasteiger partial charge on any atom is 1.00 e. The summed E-state index contributed by atoms with van der Waals surface area (Å²) in [6, 6.07) is 0. The number of hydrogen-bond acceptors (Lipinski definition) is 20. The van der Waals surface area contributed by atoms with Gasteiger partial charge in [0.2, 0.25) is 16.7 Å². The van der Waals surface area contributed by atoms with Gasteiger partial charge in [-0.05, 0) is 109 Å². The monoisotopic (exact) mass is 1010 g/mol. The summed E-state index contributed by atoms with van der Waals surface area (Å²) in [6.07, 6.45) is -14.5. The third-order valence-electron chi connectivity index (χ3n) is 19.1. The van der Waals surface area contributed by atoms with Crippen LogP contribution in [0.3, 0.4) is 0 Å². The van der Waals surface area contributed by atoms with Crippen molar-refractivity contribution >= 4 is 16.4 Å². The fourth-order valence-corrected chi connectivity index (χ4v) is 15.5. The molecular weight excluding hydrogens is 940 g/mol. The van der Waals surface area contributed by atoms with E-state index in [1.54, 1.807) is 0 Å². The Balaban J connectivity index is 0.00000703. The molecule has 0 amide bonds. The Morgan fingerprint density at radius 3 is 1.93 bits per heavy atom. The fraction of sp³-hybridized carbons (Fsp3) is 0.936. The molecular formula is C47H75NaO20S. The zero-order valence-electron chi connectivity index (χ0n) is 41.1. The number of aliphatic hydroxyl groups excluding tert-OH is 9. The van der Waals surface area contributed by atoms with Gasteiger partial charge in [0.25, 0.3) is 0 Å². The molecule has 20 nitrogen and oxygen atoms in total. The quantitative estimate of drug-likeness (QED) is 0.0268. The van der Waals surface area contributed by atoms with Crippen LogP contribution < -0.4 is 29.6 Å². The molecule has 0 radical (unpaired) electrons. The molecule has 8 aliphatic rings. The molecule has 0 aromatic rings. The van der Waals surface area contributed by atoms with E-state index in [4.69, 9.17) is 32.6 Å². The predicted molar refractivity (Wildman–Crippen MR) is 233 cm³/mol. The molecule has 0 spiro atoms. The predicted octanol–water partition coefficient (Wildman–Crippen LogP) is -2.73. The van der Waals surface area contributed by atoms with Crippen molar-refractivity contribution < 1.29 is 126 Å². The van der Waals surface area contributed by atoms with E-state index in [-0.39, 0.29) is 69.0 Å². The topological polar surface area (TPSA) is 321 Å². The molecule has 0 unspecified atom stereocenters. The smallest absolute Gasteiger partial charge is 0.726 e. The second-order valence-electron chi connectivity index (χ2n) is 23.5. The third-order valence-corrected chi connectivity index (χ3v) is 19.6. The van der Waals surface area contributed by atoms with E-state index in [9.17, 15) is 63.7 Å². The normalized spacial score (nSPS) is 50.5. The maximum atomic E-state index is 14.7. The second kappa shape index (κ2) is 19.9. The number of ether oxygens (including phenoxy) is 6. The number of carbonyl (C=O) groups is 1. The van der Waals surface area contributed by atoms with Gasteiger partial charge in [-0.15, -0.1) is 0 Å². The van der Waals surface area contributed by atoms with Crippen molar-refractivity contribution in [3.8, 4) is 0 Å². The summed E-state index contributed by atoms with van der Waals surface area (Å²) in [6.45, 7) is 13.9. The molecule has 22 heteroatoms. The average molecular weight is 1020 g/mol. The number of esters is 1. The Labute approximate surface area is 426 Å². The van der Waals surface area contributed by atoms with Crippen LogP contribution in [0.5, 0.6) is 0 Å². The van der Waals surface area contributed by atoms with Crippen LogP contribution in [0.4, 0.5) is 0 Å². The summed E-state index contributed by atoms with van der Waals surface area (Å²) in [5, 5.41) is 93.7. The number of hydrogen-bond donors (Lipinski definition) is 9. The minimum atomic E-state index is -5.48. The Bertz CT molecular complexity index is 2010. The summed E-state index contributed by atoms with van der Waals surface area (Å²) in [5.74, 6) is -0.418. The number of rotatable bonds is 10. The van der Waals surface area contributed by atoms with Gasteiger partial charge in [0.1, 0.15) is 61.0 Å². The number of allylic oxidation sites excluding steroid dienone is 2. The Hall–Kier alpha value is -0.480. The molecule has 0 bridgehead atoms. The Morgan fingerprint density at radius 1 is 0.725 bits per heavy atom. The first-order chi connectivity index (χ1) is 31.6. The van der Waals surface area contributed by atoms with E-state index in [0.717, 1.165) is 32.1 Å². The van der Waals surface area contributed by atoms with E-state index in [0.29, 0.717) is 32.1 Å². The molecule has 3 aliphatic heterocycles. The van der Waals surface area contributed by atoms with Crippen molar-refractivity contribution in [2.24, 2.45) is 50.2 Å². The van der Waals surface area contributed by atoms with Gasteiger partial charge in [-0.1, -0.05) is 60.1 Å².